The number of aldehydes is 1. The van der Waals surface area contributed by atoms with Crippen LogP contribution in [0.4, 0.5) is 4.79 Å². The number of hydrogen-bond acceptors (Lipinski definition) is 3. The monoisotopic (exact) mass is 269 g/mol. The lowest BCUT2D eigenvalue weighted by Crippen LogP contribution is -2.49. The molecule has 0 bridgehead atoms. The summed E-state index contributed by atoms with van der Waals surface area (Å²) in [7, 11) is 0. The van der Waals surface area contributed by atoms with Gasteiger partial charge in [-0.3, -0.25) is 0 Å². The van der Waals surface area contributed by atoms with Crippen molar-refractivity contribution in [2.45, 2.75) is 83.9 Å². The molecule has 110 valence electrons. The molecule has 1 amide bonds. The van der Waals surface area contributed by atoms with E-state index in [2.05, 4.69) is 0 Å². The molecule has 0 heterocycles. The Kier molecular flexibility index (Phi) is 5.83. The first-order valence-corrected chi connectivity index (χ1v) is 7.30. The predicted octanol–water partition coefficient (Wildman–Crippen LogP) is 3.53. The minimum atomic E-state index is -0.495. The van der Waals surface area contributed by atoms with E-state index >= 15 is 0 Å². The molecular formula is C15H27NO3. The van der Waals surface area contributed by atoms with Crippen LogP contribution in [-0.2, 0) is 9.53 Å². The Bertz CT molecular complexity index is 303. The molecule has 4 heteroatoms. The molecule has 1 unspecified atom stereocenters. The van der Waals surface area contributed by atoms with E-state index in [9.17, 15) is 9.59 Å². The first kappa shape index (κ1) is 16.0. The molecule has 1 aliphatic carbocycles. The maximum Gasteiger partial charge on any atom is 0.410 e. The summed E-state index contributed by atoms with van der Waals surface area (Å²) >= 11 is 0. The number of rotatable bonds is 4. The second-order valence-corrected chi connectivity index (χ2v) is 6.43. The number of carbonyl (C=O) groups is 2. The summed E-state index contributed by atoms with van der Waals surface area (Å²) in [5.74, 6) is 0. The maximum absolute atomic E-state index is 12.4. The number of hydrogen-bond donors (Lipinski definition) is 0. The zero-order valence-corrected chi connectivity index (χ0v) is 12.6. The van der Waals surface area contributed by atoms with Gasteiger partial charge in [-0.15, -0.1) is 0 Å². The van der Waals surface area contributed by atoms with Crippen molar-refractivity contribution < 1.29 is 14.3 Å². The van der Waals surface area contributed by atoms with Gasteiger partial charge < -0.3 is 14.4 Å². The second kappa shape index (κ2) is 6.92. The fraction of sp³-hybridized carbons (Fsp3) is 0.867. The lowest BCUT2D eigenvalue weighted by molar-refractivity contribution is -0.108. The SMILES string of the molecule is CC(CC=O)N(C(=O)OC(C)(C)C)C1CCCCC1. The predicted molar refractivity (Wildman–Crippen MR) is 75.1 cm³/mol. The standard InChI is InChI=1S/C15H27NO3/c1-12(10-11-17)16(13-8-6-5-7-9-13)14(18)19-15(2,3)4/h11-13H,5-10H2,1-4H3. The van der Waals surface area contributed by atoms with Crippen molar-refractivity contribution in [2.24, 2.45) is 0 Å². The van der Waals surface area contributed by atoms with Crippen molar-refractivity contribution in [1.82, 2.24) is 4.90 Å². The van der Waals surface area contributed by atoms with Crippen molar-refractivity contribution in [1.29, 1.82) is 0 Å². The minimum Gasteiger partial charge on any atom is -0.444 e. The topological polar surface area (TPSA) is 46.6 Å². The average molecular weight is 269 g/mol. The van der Waals surface area contributed by atoms with Crippen LogP contribution in [-0.4, -0.2) is 35.0 Å². The molecule has 0 aromatic heterocycles. The molecule has 1 rings (SSSR count). The molecule has 1 atom stereocenters. The number of nitrogens with zero attached hydrogens (tertiary/aromatic N) is 1. The van der Waals surface area contributed by atoms with Crippen molar-refractivity contribution in [2.75, 3.05) is 0 Å². The highest BCUT2D eigenvalue weighted by atomic mass is 16.6. The Morgan fingerprint density at radius 2 is 1.89 bits per heavy atom. The Hall–Kier alpha value is -1.06. The maximum atomic E-state index is 12.4. The molecule has 19 heavy (non-hydrogen) atoms. The third kappa shape index (κ3) is 5.21. The zero-order valence-electron chi connectivity index (χ0n) is 12.6. The molecule has 1 saturated carbocycles. The highest BCUT2D eigenvalue weighted by Gasteiger charge is 2.32. The number of amides is 1. The summed E-state index contributed by atoms with van der Waals surface area (Å²) in [6.07, 6.45) is 6.54. The van der Waals surface area contributed by atoms with Gasteiger partial charge in [0.05, 0.1) is 0 Å². The van der Waals surface area contributed by atoms with Crippen LogP contribution < -0.4 is 0 Å². The average Bonchev–Trinajstić information content (AvgIpc) is 2.28. The first-order chi connectivity index (χ1) is 8.85. The summed E-state index contributed by atoms with van der Waals surface area (Å²) in [5, 5.41) is 0. The summed E-state index contributed by atoms with van der Waals surface area (Å²) in [4.78, 5) is 24.9. The molecule has 4 nitrogen and oxygen atoms in total. The Labute approximate surface area is 116 Å². The van der Waals surface area contributed by atoms with E-state index in [0.717, 1.165) is 32.0 Å². The fourth-order valence-corrected chi connectivity index (χ4v) is 2.62. The number of carbonyl (C=O) groups excluding carboxylic acids is 2. The molecule has 0 aromatic rings. The van der Waals surface area contributed by atoms with Gasteiger partial charge in [-0.05, 0) is 40.5 Å². The normalized spacial score (nSPS) is 18.7. The van der Waals surface area contributed by atoms with E-state index < -0.39 is 5.60 Å². The van der Waals surface area contributed by atoms with Crippen molar-refractivity contribution in [3.63, 3.8) is 0 Å². The van der Waals surface area contributed by atoms with Gasteiger partial charge in [0.25, 0.3) is 0 Å². The van der Waals surface area contributed by atoms with Crippen LogP contribution in [0, 0.1) is 0 Å². The van der Waals surface area contributed by atoms with Gasteiger partial charge in [0, 0.05) is 18.5 Å². The van der Waals surface area contributed by atoms with Crippen LogP contribution >= 0.6 is 0 Å². The quantitative estimate of drug-likeness (QED) is 0.733. The molecule has 0 radical (unpaired) electrons. The minimum absolute atomic E-state index is 0.0875. The number of ether oxygens (including phenoxy) is 1. The lowest BCUT2D eigenvalue weighted by Gasteiger charge is -2.38. The molecule has 0 spiro atoms. The second-order valence-electron chi connectivity index (χ2n) is 6.43. The van der Waals surface area contributed by atoms with Crippen molar-refractivity contribution >= 4 is 12.4 Å². The van der Waals surface area contributed by atoms with Gasteiger partial charge in [0.1, 0.15) is 11.9 Å². The fourth-order valence-electron chi connectivity index (χ4n) is 2.62. The molecular weight excluding hydrogens is 242 g/mol. The van der Waals surface area contributed by atoms with Gasteiger partial charge in [0.15, 0.2) is 0 Å². The van der Waals surface area contributed by atoms with Gasteiger partial charge >= 0.3 is 6.09 Å². The third-order valence-corrected chi connectivity index (χ3v) is 3.48. The lowest BCUT2D eigenvalue weighted by atomic mass is 9.93. The van der Waals surface area contributed by atoms with Crippen LogP contribution in [0.1, 0.15) is 66.2 Å². The van der Waals surface area contributed by atoms with E-state index in [1.165, 1.54) is 6.42 Å². The highest BCUT2D eigenvalue weighted by molar-refractivity contribution is 5.69. The Morgan fingerprint density at radius 3 is 2.37 bits per heavy atom. The van der Waals surface area contributed by atoms with Crippen molar-refractivity contribution in [3.8, 4) is 0 Å². The molecule has 0 aliphatic heterocycles. The summed E-state index contributed by atoms with van der Waals surface area (Å²) in [6.45, 7) is 7.53. The van der Waals surface area contributed by atoms with Crippen LogP contribution in [0.2, 0.25) is 0 Å². The Morgan fingerprint density at radius 1 is 1.32 bits per heavy atom. The Balaban J connectivity index is 2.78. The highest BCUT2D eigenvalue weighted by Crippen LogP contribution is 2.26. The van der Waals surface area contributed by atoms with Gasteiger partial charge in [-0.1, -0.05) is 19.3 Å². The van der Waals surface area contributed by atoms with Crippen LogP contribution in [0.5, 0.6) is 0 Å². The van der Waals surface area contributed by atoms with E-state index in [4.69, 9.17) is 4.74 Å². The van der Waals surface area contributed by atoms with Gasteiger partial charge in [-0.2, -0.15) is 0 Å². The largest absolute Gasteiger partial charge is 0.444 e. The van der Waals surface area contributed by atoms with Crippen LogP contribution in [0.3, 0.4) is 0 Å². The van der Waals surface area contributed by atoms with Gasteiger partial charge in [-0.25, -0.2) is 4.79 Å². The summed E-state index contributed by atoms with van der Waals surface area (Å²) in [5.41, 5.74) is -0.495. The van der Waals surface area contributed by atoms with Crippen molar-refractivity contribution in [3.05, 3.63) is 0 Å². The van der Waals surface area contributed by atoms with E-state index in [0.29, 0.717) is 6.42 Å². The molecule has 1 aliphatic rings. The molecule has 0 N–H and O–H groups in total. The van der Waals surface area contributed by atoms with E-state index in [1.807, 2.05) is 27.7 Å². The van der Waals surface area contributed by atoms with E-state index in [1.54, 1.807) is 4.90 Å². The first-order valence-electron chi connectivity index (χ1n) is 7.30. The van der Waals surface area contributed by atoms with E-state index in [-0.39, 0.29) is 18.2 Å². The van der Waals surface area contributed by atoms with Crippen LogP contribution in [0.15, 0.2) is 0 Å². The smallest absolute Gasteiger partial charge is 0.410 e. The zero-order chi connectivity index (χ0) is 14.5. The molecule has 0 saturated heterocycles. The molecule has 0 aromatic carbocycles. The summed E-state index contributed by atoms with van der Waals surface area (Å²) in [6, 6.07) is 0.133. The van der Waals surface area contributed by atoms with Gasteiger partial charge in [0.2, 0.25) is 0 Å². The third-order valence-electron chi connectivity index (χ3n) is 3.48. The summed E-state index contributed by atoms with van der Waals surface area (Å²) < 4.78 is 5.49. The van der Waals surface area contributed by atoms with Crippen LogP contribution in [0.25, 0.3) is 0 Å². The molecule has 1 fully saturated rings.